The van der Waals surface area contributed by atoms with Crippen LogP contribution in [0.2, 0.25) is 0 Å². The molecule has 1 aromatic carbocycles. The van der Waals surface area contributed by atoms with Crippen molar-refractivity contribution in [3.05, 3.63) is 82.0 Å². The van der Waals surface area contributed by atoms with Crippen molar-refractivity contribution in [3.63, 3.8) is 0 Å². The molecule has 4 heteroatoms. The molecular weight excluding hydrogens is 302 g/mol. The minimum atomic E-state index is 0.558. The Morgan fingerprint density at radius 2 is 2.04 bits per heavy atom. The van der Waals surface area contributed by atoms with Gasteiger partial charge in [-0.3, -0.25) is 0 Å². The van der Waals surface area contributed by atoms with E-state index < -0.39 is 0 Å². The molecule has 120 valence electrons. The summed E-state index contributed by atoms with van der Waals surface area (Å²) in [6.07, 6.45) is 4.58. The largest absolute Gasteiger partial charge is 0.385 e. The maximum Gasteiger partial charge on any atom is 0.105 e. The predicted molar refractivity (Wildman–Crippen MR) is 99.6 cm³/mol. The Balaban J connectivity index is 2.04. The molecular formula is C19H23N3S. The van der Waals surface area contributed by atoms with Gasteiger partial charge in [-0.25, -0.2) is 0 Å². The van der Waals surface area contributed by atoms with Crippen LogP contribution < -0.4 is 5.73 Å². The second-order valence-electron chi connectivity index (χ2n) is 5.48. The first-order valence-corrected chi connectivity index (χ1v) is 8.47. The first-order chi connectivity index (χ1) is 11.1. The molecule has 2 aromatic rings. The SMILES string of the molecule is C=C(CCc1ccc(C)cc1)N(Cc1cccs1)/C(N)=C/C=N. The highest BCUT2D eigenvalue weighted by Gasteiger charge is 2.12. The van der Waals surface area contributed by atoms with Crippen LogP contribution in [0.3, 0.4) is 0 Å². The summed E-state index contributed by atoms with van der Waals surface area (Å²) in [5.74, 6) is 0.558. The van der Waals surface area contributed by atoms with Crippen molar-refractivity contribution < 1.29 is 0 Å². The summed E-state index contributed by atoms with van der Waals surface area (Å²) in [4.78, 5) is 3.22. The summed E-state index contributed by atoms with van der Waals surface area (Å²) >= 11 is 1.70. The topological polar surface area (TPSA) is 53.1 Å². The summed E-state index contributed by atoms with van der Waals surface area (Å²) < 4.78 is 0. The average Bonchev–Trinajstić information content (AvgIpc) is 3.05. The van der Waals surface area contributed by atoms with Crippen molar-refractivity contribution in [1.29, 1.82) is 5.41 Å². The highest BCUT2D eigenvalue weighted by molar-refractivity contribution is 7.09. The standard InChI is InChI=1S/C19H23N3S/c1-15-5-8-17(9-6-15)10-7-16(2)22(19(21)11-12-20)14-18-4-3-13-23-18/h3-6,8-9,11-13,20H,2,7,10,14,21H2,1H3/b19-11+,20-12?. The number of benzene rings is 1. The Labute approximate surface area is 142 Å². The molecule has 0 unspecified atom stereocenters. The number of nitrogens with one attached hydrogen (secondary N) is 1. The molecule has 3 N–H and O–H groups in total. The monoisotopic (exact) mass is 325 g/mol. The van der Waals surface area contributed by atoms with E-state index in [2.05, 4.69) is 49.2 Å². The number of thiophene rings is 1. The molecule has 1 aromatic heterocycles. The van der Waals surface area contributed by atoms with Crippen molar-refractivity contribution in [2.24, 2.45) is 5.73 Å². The predicted octanol–water partition coefficient (Wildman–Crippen LogP) is 4.45. The van der Waals surface area contributed by atoms with E-state index in [-0.39, 0.29) is 0 Å². The minimum absolute atomic E-state index is 0.558. The zero-order chi connectivity index (χ0) is 16.7. The van der Waals surface area contributed by atoms with Crippen molar-refractivity contribution in [2.75, 3.05) is 0 Å². The van der Waals surface area contributed by atoms with E-state index in [9.17, 15) is 0 Å². The van der Waals surface area contributed by atoms with Crippen molar-refractivity contribution in [1.82, 2.24) is 4.90 Å². The van der Waals surface area contributed by atoms with Gasteiger partial charge in [0.05, 0.1) is 6.54 Å². The van der Waals surface area contributed by atoms with Crippen LogP contribution in [0.5, 0.6) is 0 Å². The highest BCUT2D eigenvalue weighted by Crippen LogP contribution is 2.20. The zero-order valence-electron chi connectivity index (χ0n) is 13.5. The van der Waals surface area contributed by atoms with E-state index in [4.69, 9.17) is 11.1 Å². The molecule has 0 fully saturated rings. The van der Waals surface area contributed by atoms with Gasteiger partial charge in [0, 0.05) is 16.8 Å². The summed E-state index contributed by atoms with van der Waals surface area (Å²) in [6, 6.07) is 12.7. The van der Waals surface area contributed by atoms with Crippen LogP contribution in [-0.2, 0) is 13.0 Å². The lowest BCUT2D eigenvalue weighted by molar-refractivity contribution is 0.405. The fourth-order valence-electron chi connectivity index (χ4n) is 2.30. The Morgan fingerprint density at radius 1 is 1.30 bits per heavy atom. The molecule has 0 radical (unpaired) electrons. The Hall–Kier alpha value is -2.33. The molecule has 3 nitrogen and oxygen atoms in total. The van der Waals surface area contributed by atoms with Gasteiger partial charge in [0.15, 0.2) is 0 Å². The molecule has 0 spiro atoms. The fourth-order valence-corrected chi connectivity index (χ4v) is 2.99. The van der Waals surface area contributed by atoms with Crippen LogP contribution in [0, 0.1) is 12.3 Å². The first-order valence-electron chi connectivity index (χ1n) is 7.59. The van der Waals surface area contributed by atoms with E-state index in [0.29, 0.717) is 12.4 Å². The first kappa shape index (κ1) is 17.0. The lowest BCUT2D eigenvalue weighted by atomic mass is 10.1. The maximum atomic E-state index is 7.24. The number of aryl methyl sites for hydroxylation is 2. The number of allylic oxidation sites excluding steroid dienone is 2. The number of nitrogens with zero attached hydrogens (tertiary/aromatic N) is 1. The second kappa shape index (κ2) is 8.34. The van der Waals surface area contributed by atoms with E-state index in [1.165, 1.54) is 22.2 Å². The van der Waals surface area contributed by atoms with Crippen LogP contribution in [0.1, 0.15) is 22.4 Å². The van der Waals surface area contributed by atoms with E-state index >= 15 is 0 Å². The molecule has 0 saturated carbocycles. The lowest BCUT2D eigenvalue weighted by Gasteiger charge is -2.26. The molecule has 0 amide bonds. The van der Waals surface area contributed by atoms with Crippen LogP contribution >= 0.6 is 11.3 Å². The van der Waals surface area contributed by atoms with Gasteiger partial charge in [-0.05, 0) is 42.9 Å². The normalized spacial score (nSPS) is 11.3. The smallest absolute Gasteiger partial charge is 0.105 e. The number of rotatable bonds is 8. The van der Waals surface area contributed by atoms with Crippen LogP contribution in [0.15, 0.2) is 66.0 Å². The third-order valence-corrected chi connectivity index (χ3v) is 4.53. The third kappa shape index (κ3) is 5.11. The van der Waals surface area contributed by atoms with Crippen LogP contribution in [-0.4, -0.2) is 11.1 Å². The Bertz CT molecular complexity index is 669. The highest BCUT2D eigenvalue weighted by atomic mass is 32.1. The molecule has 0 saturated heterocycles. The van der Waals surface area contributed by atoms with E-state index in [1.807, 2.05) is 11.0 Å². The lowest BCUT2D eigenvalue weighted by Crippen LogP contribution is -2.26. The summed E-state index contributed by atoms with van der Waals surface area (Å²) in [5, 5.41) is 9.29. The van der Waals surface area contributed by atoms with Crippen LogP contribution in [0.4, 0.5) is 0 Å². The minimum Gasteiger partial charge on any atom is -0.385 e. The van der Waals surface area contributed by atoms with Gasteiger partial charge in [0.2, 0.25) is 0 Å². The molecule has 0 aliphatic rings. The van der Waals surface area contributed by atoms with E-state index in [1.54, 1.807) is 17.4 Å². The number of nitrogens with two attached hydrogens (primary N) is 1. The van der Waals surface area contributed by atoms with Crippen molar-refractivity contribution in [2.45, 2.75) is 26.3 Å². The number of hydrogen-bond acceptors (Lipinski definition) is 4. The average molecular weight is 325 g/mol. The van der Waals surface area contributed by atoms with Gasteiger partial charge < -0.3 is 16.0 Å². The number of hydrogen-bond donors (Lipinski definition) is 2. The zero-order valence-corrected chi connectivity index (χ0v) is 14.3. The molecule has 0 aliphatic carbocycles. The second-order valence-corrected chi connectivity index (χ2v) is 6.51. The van der Waals surface area contributed by atoms with Gasteiger partial charge in [0.1, 0.15) is 5.82 Å². The molecule has 0 atom stereocenters. The van der Waals surface area contributed by atoms with Gasteiger partial charge in [-0.15, -0.1) is 11.3 Å². The van der Waals surface area contributed by atoms with Crippen molar-refractivity contribution in [3.8, 4) is 0 Å². The Kier molecular flexibility index (Phi) is 6.18. The summed E-state index contributed by atoms with van der Waals surface area (Å²) in [5.41, 5.74) is 9.64. The summed E-state index contributed by atoms with van der Waals surface area (Å²) in [6.45, 7) is 6.99. The van der Waals surface area contributed by atoms with Crippen LogP contribution in [0.25, 0.3) is 0 Å². The van der Waals surface area contributed by atoms with E-state index in [0.717, 1.165) is 18.5 Å². The Morgan fingerprint density at radius 3 is 2.65 bits per heavy atom. The summed E-state index contributed by atoms with van der Waals surface area (Å²) in [7, 11) is 0. The van der Waals surface area contributed by atoms with Gasteiger partial charge in [0.25, 0.3) is 0 Å². The van der Waals surface area contributed by atoms with Gasteiger partial charge in [-0.2, -0.15) is 0 Å². The quantitative estimate of drug-likeness (QED) is 0.704. The molecule has 2 rings (SSSR count). The molecule has 1 heterocycles. The van der Waals surface area contributed by atoms with Crippen molar-refractivity contribution >= 4 is 17.6 Å². The van der Waals surface area contributed by atoms with Gasteiger partial charge >= 0.3 is 0 Å². The fraction of sp³-hybridized carbons (Fsp3) is 0.211. The maximum absolute atomic E-state index is 7.24. The molecule has 0 bridgehead atoms. The molecule has 0 aliphatic heterocycles. The third-order valence-electron chi connectivity index (χ3n) is 3.66. The van der Waals surface area contributed by atoms with Gasteiger partial charge in [-0.1, -0.05) is 42.5 Å². The molecule has 23 heavy (non-hydrogen) atoms.